The molecule has 0 bridgehead atoms. The molecular weight excluding hydrogens is 510 g/mol. The Morgan fingerprint density at radius 2 is 1.66 bits per heavy atom. The van der Waals surface area contributed by atoms with Crippen molar-refractivity contribution < 1.29 is 28.2 Å². The molecule has 4 rings (SSSR count). The summed E-state index contributed by atoms with van der Waals surface area (Å²) in [4.78, 5) is 38.3. The van der Waals surface area contributed by atoms with Gasteiger partial charge in [0.25, 0.3) is 0 Å². The standard InChI is InChI=1S/C29H26ClNO7/c1-17(2)25(31-29(34)35-16-19-7-5-4-6-8-19)28(33)38-22-13-14-23-24(15-22)36-18(3)27(26(23)32)37-21-11-9-20(30)10-12-21/h4-15,17,25H,16H2,1-3H3,(H,31,34)/t25-/m0/s1. The quantitative estimate of drug-likeness (QED) is 0.205. The number of benzene rings is 3. The number of aryl methyl sites for hydroxylation is 1. The molecule has 1 aromatic heterocycles. The fourth-order valence-corrected chi connectivity index (χ4v) is 3.77. The van der Waals surface area contributed by atoms with Gasteiger partial charge in [-0.15, -0.1) is 0 Å². The Hall–Kier alpha value is -4.30. The highest BCUT2D eigenvalue weighted by Gasteiger charge is 2.27. The summed E-state index contributed by atoms with van der Waals surface area (Å²) in [6.45, 7) is 5.21. The lowest BCUT2D eigenvalue weighted by Crippen LogP contribution is -2.46. The highest BCUT2D eigenvalue weighted by molar-refractivity contribution is 6.30. The van der Waals surface area contributed by atoms with Gasteiger partial charge in [0.2, 0.25) is 11.2 Å². The maximum Gasteiger partial charge on any atom is 0.408 e. The van der Waals surface area contributed by atoms with Crippen LogP contribution >= 0.6 is 11.6 Å². The zero-order chi connectivity index (χ0) is 27.2. The maximum atomic E-state index is 13.1. The monoisotopic (exact) mass is 535 g/mol. The average molecular weight is 536 g/mol. The molecule has 4 aromatic rings. The number of halogens is 1. The number of hydrogen-bond acceptors (Lipinski definition) is 7. The van der Waals surface area contributed by atoms with Gasteiger partial charge >= 0.3 is 12.1 Å². The number of alkyl carbamates (subject to hydrolysis) is 1. The van der Waals surface area contributed by atoms with Crippen molar-refractivity contribution in [2.24, 2.45) is 5.92 Å². The minimum absolute atomic E-state index is 0.0441. The van der Waals surface area contributed by atoms with Gasteiger partial charge in [-0.2, -0.15) is 0 Å². The second kappa shape index (κ2) is 11.8. The van der Waals surface area contributed by atoms with Crippen LogP contribution in [0.15, 0.2) is 82.0 Å². The van der Waals surface area contributed by atoms with Crippen LogP contribution < -0.4 is 20.2 Å². The van der Waals surface area contributed by atoms with Gasteiger partial charge < -0.3 is 23.9 Å². The Kier molecular flexibility index (Phi) is 8.33. The molecule has 0 aliphatic heterocycles. The van der Waals surface area contributed by atoms with E-state index in [9.17, 15) is 14.4 Å². The molecule has 1 atom stereocenters. The first-order valence-corrected chi connectivity index (χ1v) is 12.3. The Morgan fingerprint density at radius 3 is 2.34 bits per heavy atom. The van der Waals surface area contributed by atoms with E-state index in [4.69, 9.17) is 30.2 Å². The van der Waals surface area contributed by atoms with E-state index in [1.54, 1.807) is 45.0 Å². The van der Waals surface area contributed by atoms with Gasteiger partial charge in [-0.05, 0) is 54.8 Å². The van der Waals surface area contributed by atoms with Crippen molar-refractivity contribution in [2.75, 3.05) is 0 Å². The largest absolute Gasteiger partial charge is 0.457 e. The third-order valence-corrected chi connectivity index (χ3v) is 5.90. The molecule has 1 amide bonds. The van der Waals surface area contributed by atoms with Crippen molar-refractivity contribution in [2.45, 2.75) is 33.4 Å². The summed E-state index contributed by atoms with van der Waals surface area (Å²) in [5.41, 5.74) is 0.665. The van der Waals surface area contributed by atoms with Crippen LogP contribution in [0.3, 0.4) is 0 Å². The van der Waals surface area contributed by atoms with Gasteiger partial charge in [0.15, 0.2) is 0 Å². The molecule has 0 radical (unpaired) electrons. The van der Waals surface area contributed by atoms with Crippen molar-refractivity contribution in [1.82, 2.24) is 5.32 Å². The van der Waals surface area contributed by atoms with Gasteiger partial charge in [0, 0.05) is 11.1 Å². The van der Waals surface area contributed by atoms with Crippen LogP contribution in [0.25, 0.3) is 11.0 Å². The molecule has 0 spiro atoms. The van der Waals surface area contributed by atoms with Gasteiger partial charge in [0.1, 0.15) is 35.5 Å². The van der Waals surface area contributed by atoms with Crippen molar-refractivity contribution in [3.8, 4) is 17.2 Å². The van der Waals surface area contributed by atoms with E-state index in [0.717, 1.165) is 5.56 Å². The van der Waals surface area contributed by atoms with Gasteiger partial charge in [-0.1, -0.05) is 55.8 Å². The third kappa shape index (κ3) is 6.52. The van der Waals surface area contributed by atoms with E-state index in [1.165, 1.54) is 18.2 Å². The lowest BCUT2D eigenvalue weighted by Gasteiger charge is -2.20. The maximum absolute atomic E-state index is 13.1. The van der Waals surface area contributed by atoms with Gasteiger partial charge in [-0.3, -0.25) is 4.79 Å². The number of fused-ring (bicyclic) bond motifs is 1. The molecule has 0 aliphatic carbocycles. The SMILES string of the molecule is Cc1oc2cc(OC(=O)[C@@H](NC(=O)OCc3ccccc3)C(C)C)ccc2c(=O)c1Oc1ccc(Cl)cc1. The van der Waals surface area contributed by atoms with Crippen molar-refractivity contribution in [3.05, 3.63) is 99.4 Å². The van der Waals surface area contributed by atoms with E-state index in [-0.39, 0.29) is 46.2 Å². The summed E-state index contributed by atoms with van der Waals surface area (Å²) < 4.78 is 22.3. The first kappa shape index (κ1) is 26.8. The van der Waals surface area contributed by atoms with Crippen molar-refractivity contribution in [1.29, 1.82) is 0 Å². The smallest absolute Gasteiger partial charge is 0.408 e. The summed E-state index contributed by atoms with van der Waals surface area (Å²) in [6.07, 6.45) is -0.738. The first-order chi connectivity index (χ1) is 18.2. The third-order valence-electron chi connectivity index (χ3n) is 5.65. The van der Waals surface area contributed by atoms with Crippen LogP contribution in [0.1, 0.15) is 25.2 Å². The second-order valence-corrected chi connectivity index (χ2v) is 9.32. The molecule has 0 saturated heterocycles. The number of hydrogen-bond donors (Lipinski definition) is 1. The zero-order valence-electron chi connectivity index (χ0n) is 21.0. The minimum atomic E-state index is -0.960. The van der Waals surface area contributed by atoms with Crippen LogP contribution in [0.2, 0.25) is 5.02 Å². The summed E-state index contributed by atoms with van der Waals surface area (Å²) in [5, 5.41) is 3.36. The highest BCUT2D eigenvalue weighted by Crippen LogP contribution is 2.28. The molecule has 3 aromatic carbocycles. The number of carbonyl (C=O) groups excluding carboxylic acids is 2. The highest BCUT2D eigenvalue weighted by atomic mass is 35.5. The molecule has 1 heterocycles. The Morgan fingerprint density at radius 1 is 0.974 bits per heavy atom. The zero-order valence-corrected chi connectivity index (χ0v) is 21.8. The van der Waals surface area contributed by atoms with Crippen LogP contribution in [0.5, 0.6) is 17.2 Å². The van der Waals surface area contributed by atoms with E-state index in [2.05, 4.69) is 5.32 Å². The molecule has 38 heavy (non-hydrogen) atoms. The Labute approximate surface area is 224 Å². The van der Waals surface area contributed by atoms with E-state index in [1.807, 2.05) is 30.3 Å². The average Bonchev–Trinajstić information content (AvgIpc) is 2.89. The van der Waals surface area contributed by atoms with E-state index >= 15 is 0 Å². The number of nitrogens with one attached hydrogen (secondary N) is 1. The molecular formula is C29H26ClNO7. The second-order valence-electron chi connectivity index (χ2n) is 8.88. The minimum Gasteiger partial charge on any atom is -0.457 e. The van der Waals surface area contributed by atoms with Crippen molar-refractivity contribution >= 4 is 34.6 Å². The lowest BCUT2D eigenvalue weighted by atomic mass is 10.1. The first-order valence-electron chi connectivity index (χ1n) is 11.9. The fourth-order valence-electron chi connectivity index (χ4n) is 3.64. The molecule has 0 saturated carbocycles. The summed E-state index contributed by atoms with van der Waals surface area (Å²) >= 11 is 5.91. The molecule has 196 valence electrons. The lowest BCUT2D eigenvalue weighted by molar-refractivity contribution is -0.137. The number of carbonyl (C=O) groups is 2. The van der Waals surface area contributed by atoms with Gasteiger partial charge in [0.05, 0.1) is 5.39 Å². The van der Waals surface area contributed by atoms with E-state index in [0.29, 0.717) is 10.8 Å². The summed E-state index contributed by atoms with van der Waals surface area (Å²) in [5.74, 6) is -0.0741. The van der Waals surface area contributed by atoms with Crippen molar-refractivity contribution in [3.63, 3.8) is 0 Å². The van der Waals surface area contributed by atoms with E-state index < -0.39 is 18.1 Å². The Bertz CT molecular complexity index is 1500. The van der Waals surface area contributed by atoms with Crippen LogP contribution in [-0.2, 0) is 16.1 Å². The number of amides is 1. The Balaban J connectivity index is 1.47. The molecule has 9 heteroatoms. The molecule has 0 aliphatic rings. The number of ether oxygens (including phenoxy) is 3. The summed E-state index contributed by atoms with van der Waals surface area (Å²) in [6, 6.07) is 19.2. The molecule has 1 N–H and O–H groups in total. The molecule has 0 fully saturated rings. The van der Waals surface area contributed by atoms with Gasteiger partial charge in [-0.25, -0.2) is 9.59 Å². The number of rotatable bonds is 8. The normalized spacial score (nSPS) is 11.7. The number of esters is 1. The predicted molar refractivity (Wildman–Crippen MR) is 143 cm³/mol. The summed E-state index contributed by atoms with van der Waals surface area (Å²) in [7, 11) is 0. The van der Waals surface area contributed by atoms with Crippen LogP contribution in [-0.4, -0.2) is 18.1 Å². The molecule has 8 nitrogen and oxygen atoms in total. The fraction of sp³-hybridized carbons (Fsp3) is 0.207. The van der Waals surface area contributed by atoms with Crippen LogP contribution in [0, 0.1) is 12.8 Å². The molecule has 0 unspecified atom stereocenters. The topological polar surface area (TPSA) is 104 Å². The van der Waals surface area contributed by atoms with Crippen LogP contribution in [0.4, 0.5) is 4.79 Å². The predicted octanol–water partition coefficient (Wildman–Crippen LogP) is 6.40.